The Morgan fingerprint density at radius 3 is 3.06 bits per heavy atom. The molecule has 0 aliphatic carbocycles. The van der Waals surface area contributed by atoms with Gasteiger partial charge >= 0.3 is 6.01 Å². The number of ether oxygens (including phenoxy) is 1. The Morgan fingerprint density at radius 2 is 2.38 bits per heavy atom. The van der Waals surface area contributed by atoms with Crippen molar-refractivity contribution in [1.29, 1.82) is 0 Å². The molecule has 6 heteroatoms. The SMILES string of the molecule is CNCc1nnc(NC(C)C2CCCO2)o1. The second-order valence-electron chi connectivity index (χ2n) is 4.02. The summed E-state index contributed by atoms with van der Waals surface area (Å²) in [5, 5.41) is 14.0. The molecule has 90 valence electrons. The summed E-state index contributed by atoms with van der Waals surface area (Å²) < 4.78 is 11.0. The van der Waals surface area contributed by atoms with Gasteiger partial charge in [-0.1, -0.05) is 5.10 Å². The molecule has 2 N–H and O–H groups in total. The second kappa shape index (κ2) is 5.27. The van der Waals surface area contributed by atoms with E-state index >= 15 is 0 Å². The molecule has 1 aromatic rings. The Labute approximate surface area is 94.8 Å². The Balaban J connectivity index is 1.87. The van der Waals surface area contributed by atoms with Crippen molar-refractivity contribution in [2.45, 2.75) is 38.5 Å². The number of rotatable bonds is 5. The molecule has 0 bridgehead atoms. The fourth-order valence-corrected chi connectivity index (χ4v) is 1.82. The normalized spacial score (nSPS) is 22.2. The Bertz CT molecular complexity index is 322. The molecule has 0 saturated carbocycles. The molecule has 0 radical (unpaired) electrons. The first-order chi connectivity index (χ1) is 7.79. The lowest BCUT2D eigenvalue weighted by molar-refractivity contribution is 0.0989. The summed E-state index contributed by atoms with van der Waals surface area (Å²) in [6, 6.07) is 0.665. The molecule has 0 amide bonds. The van der Waals surface area contributed by atoms with E-state index in [4.69, 9.17) is 9.15 Å². The monoisotopic (exact) mass is 226 g/mol. The maximum absolute atomic E-state index is 5.58. The van der Waals surface area contributed by atoms with E-state index < -0.39 is 0 Å². The van der Waals surface area contributed by atoms with Crippen LogP contribution in [0.5, 0.6) is 0 Å². The second-order valence-corrected chi connectivity index (χ2v) is 4.02. The van der Waals surface area contributed by atoms with Gasteiger partial charge in [0.25, 0.3) is 0 Å². The minimum absolute atomic E-state index is 0.199. The van der Waals surface area contributed by atoms with Crippen LogP contribution in [0.2, 0.25) is 0 Å². The minimum atomic E-state index is 0.199. The lowest BCUT2D eigenvalue weighted by Gasteiger charge is -2.18. The lowest BCUT2D eigenvalue weighted by atomic mass is 10.1. The summed E-state index contributed by atoms with van der Waals surface area (Å²) in [4.78, 5) is 0. The lowest BCUT2D eigenvalue weighted by Crippen LogP contribution is -2.30. The van der Waals surface area contributed by atoms with Crippen LogP contribution in [0.25, 0.3) is 0 Å². The number of hydrogen-bond acceptors (Lipinski definition) is 6. The van der Waals surface area contributed by atoms with Crippen molar-refractivity contribution in [3.8, 4) is 0 Å². The highest BCUT2D eigenvalue weighted by molar-refractivity contribution is 5.19. The first-order valence-electron chi connectivity index (χ1n) is 5.64. The van der Waals surface area contributed by atoms with Crippen molar-refractivity contribution in [1.82, 2.24) is 15.5 Å². The van der Waals surface area contributed by atoms with Crippen molar-refractivity contribution in [3.05, 3.63) is 5.89 Å². The Hall–Kier alpha value is -1.14. The third-order valence-corrected chi connectivity index (χ3v) is 2.67. The summed E-state index contributed by atoms with van der Waals surface area (Å²) in [5.74, 6) is 0.588. The number of nitrogens with zero attached hydrogens (tertiary/aromatic N) is 2. The molecule has 1 aromatic heterocycles. The van der Waals surface area contributed by atoms with Crippen LogP contribution in [0.3, 0.4) is 0 Å². The van der Waals surface area contributed by atoms with Crippen LogP contribution in [0.1, 0.15) is 25.7 Å². The molecule has 0 spiro atoms. The highest BCUT2D eigenvalue weighted by Crippen LogP contribution is 2.18. The van der Waals surface area contributed by atoms with Crippen molar-refractivity contribution >= 4 is 6.01 Å². The van der Waals surface area contributed by atoms with Crippen molar-refractivity contribution in [2.24, 2.45) is 0 Å². The molecule has 16 heavy (non-hydrogen) atoms. The van der Waals surface area contributed by atoms with Gasteiger partial charge in [0.1, 0.15) is 0 Å². The van der Waals surface area contributed by atoms with Gasteiger partial charge in [0.05, 0.1) is 18.7 Å². The zero-order valence-electron chi connectivity index (χ0n) is 9.69. The zero-order chi connectivity index (χ0) is 11.4. The molecule has 1 aliphatic heterocycles. The Morgan fingerprint density at radius 1 is 1.50 bits per heavy atom. The highest BCUT2D eigenvalue weighted by atomic mass is 16.5. The summed E-state index contributed by atoms with van der Waals surface area (Å²) in [5.41, 5.74) is 0. The van der Waals surface area contributed by atoms with E-state index in [1.807, 2.05) is 7.05 Å². The standard InChI is InChI=1S/C10H18N4O2/c1-7(8-4-3-5-15-8)12-10-14-13-9(16-10)6-11-2/h7-8,11H,3-6H2,1-2H3,(H,12,14). The van der Waals surface area contributed by atoms with Crippen molar-refractivity contribution in [2.75, 3.05) is 19.0 Å². The van der Waals surface area contributed by atoms with E-state index in [2.05, 4.69) is 27.8 Å². The molecule has 0 aromatic carbocycles. The molecule has 2 unspecified atom stereocenters. The van der Waals surface area contributed by atoms with Gasteiger partial charge in [-0.15, -0.1) is 5.10 Å². The maximum Gasteiger partial charge on any atom is 0.315 e. The van der Waals surface area contributed by atoms with E-state index in [0.717, 1.165) is 19.4 Å². The van der Waals surface area contributed by atoms with E-state index in [1.165, 1.54) is 0 Å². The van der Waals surface area contributed by atoms with Gasteiger partial charge in [-0.05, 0) is 26.8 Å². The molecule has 2 heterocycles. The van der Waals surface area contributed by atoms with E-state index in [9.17, 15) is 0 Å². The summed E-state index contributed by atoms with van der Waals surface area (Å²) in [6.45, 7) is 3.51. The predicted octanol–water partition coefficient (Wildman–Crippen LogP) is 0.768. The molecule has 1 saturated heterocycles. The van der Waals surface area contributed by atoms with Crippen LogP contribution in [-0.2, 0) is 11.3 Å². The number of anilines is 1. The van der Waals surface area contributed by atoms with Crippen LogP contribution in [0.15, 0.2) is 4.42 Å². The van der Waals surface area contributed by atoms with Gasteiger partial charge in [-0.25, -0.2) is 0 Å². The molecule has 1 aliphatic rings. The predicted molar refractivity (Wildman–Crippen MR) is 59.1 cm³/mol. The van der Waals surface area contributed by atoms with Crippen LogP contribution in [0, 0.1) is 0 Å². The number of hydrogen-bond donors (Lipinski definition) is 2. The topological polar surface area (TPSA) is 72.2 Å². The fraction of sp³-hybridized carbons (Fsp3) is 0.800. The van der Waals surface area contributed by atoms with Crippen LogP contribution >= 0.6 is 0 Å². The molecule has 1 fully saturated rings. The number of nitrogens with one attached hydrogen (secondary N) is 2. The Kier molecular flexibility index (Phi) is 3.74. The van der Waals surface area contributed by atoms with Gasteiger partial charge in [0.15, 0.2) is 0 Å². The van der Waals surface area contributed by atoms with E-state index in [0.29, 0.717) is 18.5 Å². The molecule has 6 nitrogen and oxygen atoms in total. The largest absolute Gasteiger partial charge is 0.407 e. The van der Waals surface area contributed by atoms with E-state index in [1.54, 1.807) is 0 Å². The van der Waals surface area contributed by atoms with Crippen molar-refractivity contribution in [3.63, 3.8) is 0 Å². The first-order valence-corrected chi connectivity index (χ1v) is 5.64. The maximum atomic E-state index is 5.58. The van der Waals surface area contributed by atoms with Gasteiger partial charge in [0.2, 0.25) is 5.89 Å². The van der Waals surface area contributed by atoms with Gasteiger partial charge in [-0.2, -0.15) is 0 Å². The van der Waals surface area contributed by atoms with Crippen LogP contribution in [-0.4, -0.2) is 36.0 Å². The van der Waals surface area contributed by atoms with Crippen LogP contribution < -0.4 is 10.6 Å². The molecular formula is C10H18N4O2. The first kappa shape index (κ1) is 11.3. The average Bonchev–Trinajstić information content (AvgIpc) is 2.89. The smallest absolute Gasteiger partial charge is 0.315 e. The highest BCUT2D eigenvalue weighted by Gasteiger charge is 2.23. The van der Waals surface area contributed by atoms with Gasteiger partial charge in [-0.3, -0.25) is 0 Å². The molecular weight excluding hydrogens is 208 g/mol. The van der Waals surface area contributed by atoms with Crippen LogP contribution in [0.4, 0.5) is 6.01 Å². The number of aromatic nitrogens is 2. The summed E-state index contributed by atoms with van der Waals surface area (Å²) in [6.07, 6.45) is 2.47. The average molecular weight is 226 g/mol. The summed E-state index contributed by atoms with van der Waals surface area (Å²) in [7, 11) is 1.84. The van der Waals surface area contributed by atoms with Crippen molar-refractivity contribution < 1.29 is 9.15 Å². The minimum Gasteiger partial charge on any atom is -0.407 e. The third-order valence-electron chi connectivity index (χ3n) is 2.67. The van der Waals surface area contributed by atoms with Gasteiger partial charge < -0.3 is 19.8 Å². The van der Waals surface area contributed by atoms with Gasteiger partial charge in [0, 0.05) is 6.61 Å². The fourth-order valence-electron chi connectivity index (χ4n) is 1.82. The quantitative estimate of drug-likeness (QED) is 0.772. The van der Waals surface area contributed by atoms with E-state index in [-0.39, 0.29) is 12.1 Å². The summed E-state index contributed by atoms with van der Waals surface area (Å²) >= 11 is 0. The third kappa shape index (κ3) is 2.70. The molecule has 2 atom stereocenters. The molecule has 2 rings (SSSR count). The zero-order valence-corrected chi connectivity index (χ0v) is 9.69.